The first-order valence-electron chi connectivity index (χ1n) is 7.06. The van der Waals surface area contributed by atoms with Gasteiger partial charge in [0, 0.05) is 30.2 Å². The monoisotopic (exact) mass is 309 g/mol. The number of carbonyl (C=O) groups is 1. The number of pyridine rings is 1. The van der Waals surface area contributed by atoms with Crippen molar-refractivity contribution >= 4 is 11.6 Å². The normalized spacial score (nSPS) is 10.5. The number of anilines is 1. The van der Waals surface area contributed by atoms with Crippen molar-refractivity contribution in [2.24, 2.45) is 7.05 Å². The van der Waals surface area contributed by atoms with E-state index < -0.39 is 11.5 Å². The number of hydrogen-bond acceptors (Lipinski definition) is 4. The molecule has 1 N–H and O–H groups in total. The second kappa shape index (κ2) is 5.92. The van der Waals surface area contributed by atoms with Crippen molar-refractivity contribution in [3.05, 3.63) is 70.3 Å². The highest BCUT2D eigenvalue weighted by Gasteiger charge is 2.23. The lowest BCUT2D eigenvalue weighted by atomic mass is 10.1. The van der Waals surface area contributed by atoms with E-state index in [0.29, 0.717) is 11.4 Å². The average Bonchev–Trinajstić information content (AvgIpc) is 2.82. The van der Waals surface area contributed by atoms with Crippen LogP contribution in [0.1, 0.15) is 16.1 Å². The van der Waals surface area contributed by atoms with Gasteiger partial charge in [0.15, 0.2) is 5.56 Å². The van der Waals surface area contributed by atoms with Crippen LogP contribution >= 0.6 is 0 Å². The van der Waals surface area contributed by atoms with Gasteiger partial charge in [0.1, 0.15) is 5.69 Å². The minimum Gasteiger partial charge on any atom is -0.335 e. The van der Waals surface area contributed by atoms with Crippen LogP contribution in [0.4, 0.5) is 5.69 Å². The molecule has 1 amide bonds. The molecule has 6 nitrogen and oxygen atoms in total. The highest BCUT2D eigenvalue weighted by molar-refractivity contribution is 6.07. The van der Waals surface area contributed by atoms with Gasteiger partial charge in [-0.3, -0.25) is 9.78 Å². The van der Waals surface area contributed by atoms with Crippen molar-refractivity contribution in [3.63, 3.8) is 0 Å². The van der Waals surface area contributed by atoms with Crippen molar-refractivity contribution in [2.75, 3.05) is 5.32 Å². The van der Waals surface area contributed by atoms with Crippen LogP contribution in [0, 0.1) is 6.92 Å². The maximum Gasteiger partial charge on any atom is 0.370 e. The zero-order valence-corrected chi connectivity index (χ0v) is 12.7. The number of benzene rings is 1. The maximum atomic E-state index is 12.5. The van der Waals surface area contributed by atoms with Crippen LogP contribution in [-0.4, -0.2) is 15.6 Å². The predicted octanol–water partition coefficient (Wildman–Crippen LogP) is 2.60. The number of carbonyl (C=O) groups excluding carboxylic acids is 1. The lowest BCUT2D eigenvalue weighted by Crippen LogP contribution is -2.19. The molecule has 0 spiro atoms. The summed E-state index contributed by atoms with van der Waals surface area (Å²) >= 11 is 0. The van der Waals surface area contributed by atoms with Crippen LogP contribution < -0.4 is 10.9 Å². The van der Waals surface area contributed by atoms with Gasteiger partial charge in [-0.2, -0.15) is 0 Å². The number of rotatable bonds is 3. The van der Waals surface area contributed by atoms with Gasteiger partial charge in [-0.1, -0.05) is 30.3 Å². The fraction of sp³-hybridized carbons (Fsp3) is 0.118. The molecule has 2 heterocycles. The zero-order valence-electron chi connectivity index (χ0n) is 12.7. The maximum absolute atomic E-state index is 12.5. The van der Waals surface area contributed by atoms with E-state index in [1.165, 1.54) is 4.74 Å². The standard InChI is InChI=1S/C17H15N3O3/c1-11-10-13(8-9-18-11)19-16(21)14-15(20(2)23-17(14)22)12-6-4-3-5-7-12/h3-10H,1-2H3,(H,18,19,21). The number of aromatic nitrogens is 2. The van der Waals surface area contributed by atoms with E-state index >= 15 is 0 Å². The molecule has 0 aliphatic rings. The lowest BCUT2D eigenvalue weighted by Gasteiger charge is -2.06. The minimum absolute atomic E-state index is 0.0202. The topological polar surface area (TPSA) is 77.1 Å². The van der Waals surface area contributed by atoms with Gasteiger partial charge in [-0.25, -0.2) is 9.53 Å². The van der Waals surface area contributed by atoms with Crippen LogP contribution in [0.25, 0.3) is 11.3 Å². The quantitative estimate of drug-likeness (QED) is 0.806. The van der Waals surface area contributed by atoms with Crippen LogP contribution in [-0.2, 0) is 7.05 Å². The van der Waals surface area contributed by atoms with Crippen molar-refractivity contribution in [1.29, 1.82) is 0 Å². The fourth-order valence-corrected chi connectivity index (χ4v) is 2.41. The molecule has 0 atom stereocenters. The Bertz CT molecular complexity index is 910. The summed E-state index contributed by atoms with van der Waals surface area (Å²) in [7, 11) is 1.59. The van der Waals surface area contributed by atoms with E-state index in [-0.39, 0.29) is 5.56 Å². The van der Waals surface area contributed by atoms with Crippen LogP contribution in [0.5, 0.6) is 0 Å². The molecule has 0 saturated carbocycles. The summed E-state index contributed by atoms with van der Waals surface area (Å²) in [5.41, 5.74) is 1.83. The summed E-state index contributed by atoms with van der Waals surface area (Å²) in [5, 5.41) is 2.71. The van der Waals surface area contributed by atoms with Crippen molar-refractivity contribution in [3.8, 4) is 11.3 Å². The Morgan fingerprint density at radius 3 is 2.65 bits per heavy atom. The van der Waals surface area contributed by atoms with E-state index in [4.69, 9.17) is 4.52 Å². The first-order chi connectivity index (χ1) is 11.1. The molecule has 0 fully saturated rings. The van der Waals surface area contributed by atoms with E-state index in [1.54, 1.807) is 25.4 Å². The number of amides is 1. The summed E-state index contributed by atoms with van der Waals surface area (Å²) in [6.45, 7) is 1.82. The number of aryl methyl sites for hydroxylation is 2. The Morgan fingerprint density at radius 1 is 1.22 bits per heavy atom. The van der Waals surface area contributed by atoms with E-state index in [0.717, 1.165) is 11.3 Å². The highest BCUT2D eigenvalue weighted by atomic mass is 16.5. The van der Waals surface area contributed by atoms with Gasteiger partial charge in [-0.05, 0) is 19.1 Å². The van der Waals surface area contributed by atoms with Crippen LogP contribution in [0.15, 0.2) is 58.0 Å². The first kappa shape index (κ1) is 14.8. The molecule has 23 heavy (non-hydrogen) atoms. The first-order valence-corrected chi connectivity index (χ1v) is 7.06. The summed E-state index contributed by atoms with van der Waals surface area (Å²) in [6.07, 6.45) is 1.59. The van der Waals surface area contributed by atoms with Gasteiger partial charge in [0.05, 0.1) is 0 Å². The largest absolute Gasteiger partial charge is 0.370 e. The lowest BCUT2D eigenvalue weighted by molar-refractivity contribution is 0.102. The van der Waals surface area contributed by atoms with Crippen molar-refractivity contribution < 1.29 is 9.32 Å². The van der Waals surface area contributed by atoms with E-state index in [1.807, 2.05) is 37.3 Å². The Labute approximate surface area is 132 Å². The summed E-state index contributed by atoms with van der Waals surface area (Å²) < 4.78 is 6.38. The summed E-state index contributed by atoms with van der Waals surface area (Å²) in [6, 6.07) is 12.6. The average molecular weight is 309 g/mol. The Balaban J connectivity index is 2.03. The molecule has 1 aromatic carbocycles. The Hall–Kier alpha value is -3.15. The molecule has 116 valence electrons. The molecule has 0 aliphatic heterocycles. The number of hydrogen-bond donors (Lipinski definition) is 1. The third-order valence-corrected chi connectivity index (χ3v) is 3.40. The molecule has 3 aromatic rings. The van der Waals surface area contributed by atoms with E-state index in [2.05, 4.69) is 10.3 Å². The van der Waals surface area contributed by atoms with Gasteiger partial charge in [-0.15, -0.1) is 0 Å². The fourth-order valence-electron chi connectivity index (χ4n) is 2.41. The second-order valence-corrected chi connectivity index (χ2v) is 5.11. The summed E-state index contributed by atoms with van der Waals surface area (Å²) in [5.74, 6) is -0.510. The molecule has 0 aliphatic carbocycles. The van der Waals surface area contributed by atoms with Gasteiger partial charge >= 0.3 is 5.63 Å². The molecule has 3 rings (SSSR count). The molecule has 2 aromatic heterocycles. The Kier molecular flexibility index (Phi) is 3.80. The van der Waals surface area contributed by atoms with Gasteiger partial charge in [0.2, 0.25) is 0 Å². The molecule has 0 bridgehead atoms. The molecular formula is C17H15N3O3. The number of nitrogens with zero attached hydrogens (tertiary/aromatic N) is 2. The smallest absolute Gasteiger partial charge is 0.335 e. The van der Waals surface area contributed by atoms with Crippen LogP contribution in [0.3, 0.4) is 0 Å². The predicted molar refractivity (Wildman–Crippen MR) is 86.3 cm³/mol. The third-order valence-electron chi connectivity index (χ3n) is 3.40. The molecular weight excluding hydrogens is 294 g/mol. The number of nitrogens with one attached hydrogen (secondary N) is 1. The molecule has 0 saturated heterocycles. The van der Waals surface area contributed by atoms with E-state index in [9.17, 15) is 9.59 Å². The highest BCUT2D eigenvalue weighted by Crippen LogP contribution is 2.22. The Morgan fingerprint density at radius 2 is 1.96 bits per heavy atom. The molecule has 6 heteroatoms. The minimum atomic E-state index is -0.672. The summed E-state index contributed by atoms with van der Waals surface area (Å²) in [4.78, 5) is 28.7. The zero-order chi connectivity index (χ0) is 16.4. The van der Waals surface area contributed by atoms with Gasteiger partial charge < -0.3 is 9.84 Å². The molecule has 0 unspecified atom stereocenters. The van der Waals surface area contributed by atoms with Crippen molar-refractivity contribution in [1.82, 2.24) is 9.72 Å². The molecule has 0 radical (unpaired) electrons. The SMILES string of the molecule is Cc1cc(NC(=O)c2c(-c3ccccc3)n(C)oc2=O)ccn1. The van der Waals surface area contributed by atoms with Crippen LogP contribution in [0.2, 0.25) is 0 Å². The van der Waals surface area contributed by atoms with Gasteiger partial charge in [0.25, 0.3) is 5.91 Å². The van der Waals surface area contributed by atoms with Crippen molar-refractivity contribution in [2.45, 2.75) is 6.92 Å². The third kappa shape index (κ3) is 2.91. The second-order valence-electron chi connectivity index (χ2n) is 5.11.